The Labute approximate surface area is 395 Å². The third-order valence-corrected chi connectivity index (χ3v) is 14.9. The van der Waals surface area contributed by atoms with Gasteiger partial charge in [0.1, 0.15) is 17.6 Å². The molecule has 10 rings (SSSR count). The summed E-state index contributed by atoms with van der Waals surface area (Å²) in [5.41, 5.74) is 5.71. The number of nitrogens with zero attached hydrogens (tertiary/aromatic N) is 2. The maximum Gasteiger partial charge on any atom is 0.163 e. The van der Waals surface area contributed by atoms with Gasteiger partial charge in [-0.25, -0.2) is 0 Å². The third-order valence-electron chi connectivity index (χ3n) is 14.9. The monoisotopic (exact) mass is 915 g/mol. The van der Waals surface area contributed by atoms with Crippen LogP contribution in [-0.4, -0.2) is 77.6 Å². The number of aromatic amines is 1. The SMILES string of the molecule is O=C1CCc2cc(OC3CCCC3)c(O)c(c2)C(O)c2ccc3c(c2)Cc2cc[nH]c2[N-]C(C#CCC(O)C3)C2=Cc3[n-]ccc3C(CC3(O)C=Cc4c(O)cccc4CC3)C2C(=O)C1CCO. The fourth-order valence-corrected chi connectivity index (χ4v) is 11.2. The van der Waals surface area contributed by atoms with Crippen LogP contribution in [0.15, 0.2) is 84.7 Å². The Balaban J connectivity index is 1.13. The zero-order valence-electron chi connectivity index (χ0n) is 37.9. The Kier molecular flexibility index (Phi) is 12.7. The molecule has 0 amide bonds. The van der Waals surface area contributed by atoms with Gasteiger partial charge in [0.05, 0.1) is 23.7 Å². The van der Waals surface area contributed by atoms with E-state index in [1.165, 1.54) is 0 Å². The third kappa shape index (κ3) is 9.04. The number of hydrogen-bond donors (Lipinski definition) is 7. The minimum Gasteiger partial charge on any atom is -0.664 e. The molecule has 3 aliphatic carbocycles. The van der Waals surface area contributed by atoms with E-state index in [1.54, 1.807) is 54.9 Å². The van der Waals surface area contributed by atoms with E-state index in [1.807, 2.05) is 36.4 Å². The van der Waals surface area contributed by atoms with Crippen LogP contribution in [0.2, 0.25) is 0 Å². The van der Waals surface area contributed by atoms with Gasteiger partial charge >= 0.3 is 0 Å². The van der Waals surface area contributed by atoms with Gasteiger partial charge in [-0.05, 0) is 134 Å². The number of Topliss-reactive ketones (excluding diaryl/α,β-unsaturated/α-hetero) is 2. The molecule has 0 saturated heterocycles. The molecule has 1 fully saturated rings. The number of aliphatic hydroxyl groups is 4. The number of ketones is 2. The molecule has 0 radical (unpaired) electrons. The minimum atomic E-state index is -1.47. The van der Waals surface area contributed by atoms with Crippen molar-refractivity contribution >= 4 is 29.5 Å². The van der Waals surface area contributed by atoms with E-state index in [0.717, 1.165) is 53.5 Å². The molecule has 1 saturated carbocycles. The van der Waals surface area contributed by atoms with Crippen molar-refractivity contribution in [3.05, 3.63) is 146 Å². The van der Waals surface area contributed by atoms with E-state index < -0.39 is 54.0 Å². The van der Waals surface area contributed by atoms with Crippen molar-refractivity contribution < 1.29 is 45.0 Å². The normalized spacial score (nSPS) is 26.1. The molecule has 68 heavy (non-hydrogen) atoms. The molecule has 12 heteroatoms. The lowest BCUT2D eigenvalue weighted by molar-refractivity contribution is -0.135. The summed E-state index contributed by atoms with van der Waals surface area (Å²) < 4.78 is 6.40. The number of H-pyrrole nitrogens is 1. The number of aromatic hydroxyl groups is 2. The van der Waals surface area contributed by atoms with Crippen molar-refractivity contribution in [3.63, 3.8) is 0 Å². The minimum absolute atomic E-state index is 0.0544. The lowest BCUT2D eigenvalue weighted by Gasteiger charge is -2.42. The predicted molar refractivity (Wildman–Crippen MR) is 257 cm³/mol. The molecule has 7 atom stereocenters. The van der Waals surface area contributed by atoms with Crippen molar-refractivity contribution in [3.8, 4) is 29.1 Å². The van der Waals surface area contributed by atoms with E-state index >= 15 is 4.79 Å². The van der Waals surface area contributed by atoms with Crippen LogP contribution in [0.4, 0.5) is 5.82 Å². The number of rotatable bonds is 6. The molecule has 2 aromatic heterocycles. The number of benzene rings is 3. The Bertz CT molecular complexity index is 2860. The number of aryl methyl sites for hydroxylation is 2. The van der Waals surface area contributed by atoms with Gasteiger partial charge in [-0.1, -0.05) is 84.2 Å². The average molecular weight is 916 g/mol. The maximum absolute atomic E-state index is 15.8. The Hall–Kier alpha value is -6.36. The van der Waals surface area contributed by atoms with Gasteiger partial charge in [0, 0.05) is 42.5 Å². The molecule has 5 bridgehead atoms. The average Bonchev–Trinajstić information content (AvgIpc) is 4.10. The number of hydrogen-bond acceptors (Lipinski definition) is 9. The van der Waals surface area contributed by atoms with Gasteiger partial charge in [0.25, 0.3) is 0 Å². The smallest absolute Gasteiger partial charge is 0.163 e. The summed E-state index contributed by atoms with van der Waals surface area (Å²) in [6, 6.07) is 17.1. The molecule has 2 aliphatic heterocycles. The molecular formula is C56H57N3O9-2. The van der Waals surface area contributed by atoms with Gasteiger partial charge in [0.15, 0.2) is 17.3 Å². The van der Waals surface area contributed by atoms with Crippen LogP contribution in [0.25, 0.3) is 17.5 Å². The summed E-state index contributed by atoms with van der Waals surface area (Å²) in [6.45, 7) is -0.442. The standard InChI is InChI=1S/C56H57N3O9/c60-24-19-42-49(63)14-11-32-25-44(53(65)50(26-32)68-39-7-1-2-8-39)52(64)35-13-12-34-29-38(61)6-4-9-46(59-55-36(17-22-58-55)28-37(34)27-35)43-30-47-41(18-23-57-47)45(51(43)54(42)66)31-56(67)20-15-33-5-3-10-48(62)40(33)16-21-56/h3,5,10,12-13,16-18,21-23,25-27,30,38-39,42,45-46,51-52,58,60-62,64-65,67H,1-2,6-8,11,14-15,19-20,24,28-29,31H2/q-2. The van der Waals surface area contributed by atoms with Gasteiger partial charge < -0.3 is 50.7 Å². The van der Waals surface area contributed by atoms with E-state index in [0.29, 0.717) is 46.6 Å². The summed E-state index contributed by atoms with van der Waals surface area (Å²) >= 11 is 0. The van der Waals surface area contributed by atoms with Crippen molar-refractivity contribution in [2.75, 3.05) is 6.61 Å². The zero-order valence-corrected chi connectivity index (χ0v) is 37.9. The summed E-state index contributed by atoms with van der Waals surface area (Å²) in [7, 11) is 0. The number of ether oxygens (including phenoxy) is 1. The molecule has 7 N–H and O–H groups in total. The fraction of sp³-hybridized carbons (Fsp3) is 0.393. The molecule has 352 valence electrons. The van der Waals surface area contributed by atoms with Gasteiger partial charge in [0.2, 0.25) is 0 Å². The summed E-state index contributed by atoms with van der Waals surface area (Å²) in [6.07, 6.45) is 11.5. The van der Waals surface area contributed by atoms with Crippen molar-refractivity contribution in [2.24, 2.45) is 11.8 Å². The van der Waals surface area contributed by atoms with Gasteiger partial charge in [-0.15, -0.1) is 11.6 Å². The molecular weight excluding hydrogens is 859 g/mol. The first-order valence-corrected chi connectivity index (χ1v) is 24.0. The van der Waals surface area contributed by atoms with Crippen LogP contribution in [-0.2, 0) is 35.3 Å². The van der Waals surface area contributed by atoms with Crippen LogP contribution >= 0.6 is 0 Å². The zero-order chi connectivity index (χ0) is 47.1. The topological polar surface area (TPSA) is 209 Å². The number of carbonyl (C=O) groups excluding carboxylic acids is 2. The highest BCUT2D eigenvalue weighted by molar-refractivity contribution is 6.05. The second-order valence-corrected chi connectivity index (χ2v) is 19.4. The number of phenolic OH excluding ortho intramolecular Hbond substituents is 2. The van der Waals surface area contributed by atoms with Crippen molar-refractivity contribution in [1.82, 2.24) is 9.97 Å². The van der Waals surface area contributed by atoms with Gasteiger partial charge in [-0.3, -0.25) is 9.59 Å². The summed E-state index contributed by atoms with van der Waals surface area (Å²) in [4.78, 5) is 38.6. The lowest BCUT2D eigenvalue weighted by Crippen LogP contribution is -2.41. The predicted octanol–water partition coefficient (Wildman–Crippen LogP) is 7.72. The molecule has 12 nitrogen and oxygen atoms in total. The second-order valence-electron chi connectivity index (χ2n) is 19.4. The van der Waals surface area contributed by atoms with Crippen LogP contribution in [0.1, 0.15) is 126 Å². The van der Waals surface area contributed by atoms with Gasteiger partial charge in [-0.2, -0.15) is 6.20 Å². The van der Waals surface area contributed by atoms with E-state index in [2.05, 4.69) is 16.8 Å². The van der Waals surface area contributed by atoms with Crippen LogP contribution in [0.5, 0.6) is 17.2 Å². The summed E-state index contributed by atoms with van der Waals surface area (Å²) in [5.74, 6) is 3.28. The molecule has 3 aromatic carbocycles. The van der Waals surface area contributed by atoms with Crippen LogP contribution in [0.3, 0.4) is 0 Å². The van der Waals surface area contributed by atoms with E-state index in [9.17, 15) is 35.4 Å². The Morgan fingerprint density at radius 1 is 0.912 bits per heavy atom. The van der Waals surface area contributed by atoms with E-state index in [-0.39, 0.29) is 79.6 Å². The molecule has 4 heterocycles. The Morgan fingerprint density at radius 2 is 1.76 bits per heavy atom. The number of fused-ring (bicyclic) bond motifs is 8. The number of nitrogens with one attached hydrogen (secondary N) is 1. The molecule has 5 aliphatic rings. The van der Waals surface area contributed by atoms with Crippen molar-refractivity contribution in [1.29, 1.82) is 0 Å². The first kappa shape index (κ1) is 45.4. The lowest BCUT2D eigenvalue weighted by atomic mass is 9.65. The number of phenols is 2. The number of aromatic nitrogens is 2. The highest BCUT2D eigenvalue weighted by Gasteiger charge is 2.45. The molecule has 7 unspecified atom stereocenters. The van der Waals surface area contributed by atoms with Crippen LogP contribution in [0, 0.1) is 23.7 Å². The van der Waals surface area contributed by atoms with Crippen molar-refractivity contribution in [2.45, 2.75) is 119 Å². The number of carbonyl (C=O) groups is 2. The Morgan fingerprint density at radius 3 is 2.60 bits per heavy atom. The quantitative estimate of drug-likeness (QED) is 0.0652. The number of aliphatic hydroxyl groups excluding tert-OH is 3. The molecule has 0 spiro atoms. The largest absolute Gasteiger partial charge is 0.664 e. The second kappa shape index (κ2) is 19.0. The summed E-state index contributed by atoms with van der Waals surface area (Å²) in [5, 5.41) is 74.7. The highest BCUT2D eigenvalue weighted by Crippen LogP contribution is 2.49. The first-order chi connectivity index (χ1) is 32.9. The maximum atomic E-state index is 15.8. The van der Waals surface area contributed by atoms with Crippen LogP contribution < -0.4 is 9.72 Å². The fourth-order valence-electron chi connectivity index (χ4n) is 11.2. The van der Waals surface area contributed by atoms with E-state index in [4.69, 9.17) is 15.0 Å². The first-order valence-electron chi connectivity index (χ1n) is 24.0. The molecule has 5 aromatic rings. The highest BCUT2D eigenvalue weighted by atomic mass is 16.5.